The van der Waals surface area contributed by atoms with Gasteiger partial charge in [-0.2, -0.15) is 0 Å². The number of para-hydroxylation sites is 1. The maximum absolute atomic E-state index is 12.8. The number of hydrogen-bond acceptors (Lipinski definition) is 5. The Morgan fingerprint density at radius 3 is 2.39 bits per heavy atom. The van der Waals surface area contributed by atoms with Gasteiger partial charge >= 0.3 is 0 Å². The normalized spacial score (nSPS) is 12.1. The number of sulfonamides is 1. The van der Waals surface area contributed by atoms with E-state index >= 15 is 0 Å². The summed E-state index contributed by atoms with van der Waals surface area (Å²) in [5, 5.41) is 2.58. The fraction of sp³-hybridized carbons (Fsp3) is 0.263. The van der Waals surface area contributed by atoms with E-state index in [4.69, 9.17) is 10.5 Å². The third kappa shape index (κ3) is 4.61. The van der Waals surface area contributed by atoms with Crippen molar-refractivity contribution in [1.29, 1.82) is 0 Å². The molecule has 0 radical (unpaired) electrons. The fourth-order valence-electron chi connectivity index (χ4n) is 2.80. The Morgan fingerprint density at radius 2 is 1.82 bits per heavy atom. The van der Waals surface area contributed by atoms with E-state index < -0.39 is 27.9 Å². The zero-order valence-electron chi connectivity index (χ0n) is 16.1. The number of benzene rings is 2. The van der Waals surface area contributed by atoms with E-state index in [0.717, 1.165) is 16.1 Å². The van der Waals surface area contributed by atoms with E-state index in [1.807, 2.05) is 0 Å². The molecule has 2 rings (SSSR count). The zero-order chi connectivity index (χ0) is 21.1. The molecule has 2 amide bonds. The Bertz CT molecular complexity index is 1000. The van der Waals surface area contributed by atoms with Gasteiger partial charge < -0.3 is 15.8 Å². The summed E-state index contributed by atoms with van der Waals surface area (Å²) in [5.74, 6) is -1.01. The zero-order valence-corrected chi connectivity index (χ0v) is 16.9. The Morgan fingerprint density at radius 1 is 1.18 bits per heavy atom. The minimum absolute atomic E-state index is 0.127. The quantitative estimate of drug-likeness (QED) is 0.729. The van der Waals surface area contributed by atoms with Crippen LogP contribution in [-0.4, -0.2) is 39.6 Å². The summed E-state index contributed by atoms with van der Waals surface area (Å²) in [6, 6.07) is 10.1. The molecule has 0 spiro atoms. The Hall–Kier alpha value is -3.07. The molecule has 2 aromatic rings. The predicted molar refractivity (Wildman–Crippen MR) is 108 cm³/mol. The lowest BCUT2D eigenvalue weighted by Crippen LogP contribution is -2.45. The first-order chi connectivity index (χ1) is 13.1. The van der Waals surface area contributed by atoms with Crippen molar-refractivity contribution in [2.75, 3.05) is 23.0 Å². The number of primary amides is 1. The van der Waals surface area contributed by atoms with Crippen LogP contribution < -0.4 is 20.1 Å². The van der Waals surface area contributed by atoms with Crippen molar-refractivity contribution >= 4 is 33.2 Å². The first-order valence-corrected chi connectivity index (χ1v) is 10.2. The molecule has 0 fully saturated rings. The largest absolute Gasteiger partial charge is 0.495 e. The number of carbonyl (C=O) groups excluding carboxylic acids is 2. The van der Waals surface area contributed by atoms with Gasteiger partial charge in [-0.25, -0.2) is 8.42 Å². The lowest BCUT2D eigenvalue weighted by atomic mass is 10.1. The van der Waals surface area contributed by atoms with Crippen molar-refractivity contribution in [2.24, 2.45) is 5.73 Å². The van der Waals surface area contributed by atoms with Crippen LogP contribution in [0.25, 0.3) is 0 Å². The lowest BCUT2D eigenvalue weighted by molar-refractivity contribution is -0.116. The maximum Gasteiger partial charge on any atom is 0.250 e. The number of rotatable bonds is 7. The molecule has 0 heterocycles. The molecule has 0 aromatic heterocycles. The highest BCUT2D eigenvalue weighted by atomic mass is 32.2. The minimum Gasteiger partial charge on any atom is -0.495 e. The number of methoxy groups -OCH3 is 1. The summed E-state index contributed by atoms with van der Waals surface area (Å²) in [4.78, 5) is 24.4. The van der Waals surface area contributed by atoms with Crippen molar-refractivity contribution in [1.82, 2.24) is 0 Å². The van der Waals surface area contributed by atoms with Gasteiger partial charge in [0.15, 0.2) is 0 Å². The monoisotopic (exact) mass is 405 g/mol. The van der Waals surface area contributed by atoms with Gasteiger partial charge in [0.1, 0.15) is 11.8 Å². The van der Waals surface area contributed by atoms with E-state index in [0.29, 0.717) is 5.75 Å². The Balaban J connectivity index is 2.45. The van der Waals surface area contributed by atoms with Crippen LogP contribution in [0.3, 0.4) is 0 Å². The highest BCUT2D eigenvalue weighted by Crippen LogP contribution is 2.33. The Kier molecular flexibility index (Phi) is 6.30. The number of aryl methyl sites for hydroxylation is 1. The summed E-state index contributed by atoms with van der Waals surface area (Å²) in [7, 11) is -2.41. The number of ether oxygens (including phenoxy) is 1. The summed E-state index contributed by atoms with van der Waals surface area (Å²) in [6.07, 6.45) is 1.01. The van der Waals surface area contributed by atoms with E-state index in [9.17, 15) is 18.0 Å². The number of carbonyl (C=O) groups is 2. The van der Waals surface area contributed by atoms with Crippen molar-refractivity contribution in [3.8, 4) is 5.75 Å². The number of amides is 2. The molecule has 0 saturated carbocycles. The molecule has 0 aliphatic carbocycles. The van der Waals surface area contributed by atoms with Crippen LogP contribution in [0.2, 0.25) is 0 Å². The number of nitrogens with zero attached hydrogens (tertiary/aromatic N) is 1. The second kappa shape index (κ2) is 8.30. The topological polar surface area (TPSA) is 119 Å². The molecule has 28 heavy (non-hydrogen) atoms. The molecule has 9 heteroatoms. The average molecular weight is 405 g/mol. The molecular weight excluding hydrogens is 382 g/mol. The molecular formula is C19H23N3O5S. The molecule has 0 bridgehead atoms. The summed E-state index contributed by atoms with van der Waals surface area (Å²) < 4.78 is 31.3. The van der Waals surface area contributed by atoms with Crippen LogP contribution in [0.1, 0.15) is 22.8 Å². The van der Waals surface area contributed by atoms with Crippen LogP contribution in [0.4, 0.5) is 11.4 Å². The van der Waals surface area contributed by atoms with Gasteiger partial charge in [-0.15, -0.1) is 0 Å². The van der Waals surface area contributed by atoms with Crippen LogP contribution in [0.15, 0.2) is 42.5 Å². The van der Waals surface area contributed by atoms with Crippen LogP contribution in [0.5, 0.6) is 5.75 Å². The van der Waals surface area contributed by atoms with Gasteiger partial charge in [0, 0.05) is 0 Å². The standard InChI is InChI=1S/C19H23N3O5S/c1-12-9-10-17(27-3)16(11-12)22(28(4,25)26)13(2)19(24)21-15-8-6-5-7-14(15)18(20)23/h5-11,13H,1-4H3,(H2,20,23)(H,21,24)/t13-/m0/s1. The molecule has 8 nitrogen and oxygen atoms in total. The second-order valence-corrected chi connectivity index (χ2v) is 8.17. The third-order valence-corrected chi connectivity index (χ3v) is 5.34. The molecule has 0 aliphatic heterocycles. The number of nitrogens with two attached hydrogens (primary N) is 1. The van der Waals surface area contributed by atoms with Gasteiger partial charge in [-0.1, -0.05) is 18.2 Å². The summed E-state index contributed by atoms with van der Waals surface area (Å²) in [5.41, 5.74) is 6.71. The lowest BCUT2D eigenvalue weighted by Gasteiger charge is -2.29. The van der Waals surface area contributed by atoms with Crippen molar-refractivity contribution < 1.29 is 22.7 Å². The van der Waals surface area contributed by atoms with E-state index in [-0.39, 0.29) is 16.9 Å². The molecule has 0 unspecified atom stereocenters. The molecule has 1 atom stereocenters. The van der Waals surface area contributed by atoms with Crippen molar-refractivity contribution in [2.45, 2.75) is 19.9 Å². The van der Waals surface area contributed by atoms with E-state index in [1.54, 1.807) is 37.3 Å². The number of hydrogen-bond donors (Lipinski definition) is 2. The highest BCUT2D eigenvalue weighted by Gasteiger charge is 2.31. The van der Waals surface area contributed by atoms with Gasteiger partial charge in [0.2, 0.25) is 15.9 Å². The average Bonchev–Trinajstić information content (AvgIpc) is 2.61. The van der Waals surface area contributed by atoms with Crippen molar-refractivity contribution in [3.63, 3.8) is 0 Å². The first-order valence-electron chi connectivity index (χ1n) is 8.40. The second-order valence-electron chi connectivity index (χ2n) is 6.31. The molecule has 3 N–H and O–H groups in total. The predicted octanol–water partition coefficient (Wildman–Crippen LogP) is 1.90. The Labute approximate surface area is 164 Å². The summed E-state index contributed by atoms with van der Waals surface area (Å²) in [6.45, 7) is 3.25. The first kappa shape index (κ1) is 21.2. The minimum atomic E-state index is -3.83. The highest BCUT2D eigenvalue weighted by molar-refractivity contribution is 7.92. The van der Waals surface area contributed by atoms with E-state index in [1.165, 1.54) is 26.2 Å². The SMILES string of the molecule is COc1ccc(C)cc1N([C@@H](C)C(=O)Nc1ccccc1C(N)=O)S(C)(=O)=O. The van der Waals surface area contributed by atoms with Crippen LogP contribution in [0, 0.1) is 6.92 Å². The van der Waals surface area contributed by atoms with Crippen molar-refractivity contribution in [3.05, 3.63) is 53.6 Å². The third-order valence-electron chi connectivity index (χ3n) is 4.11. The van der Waals surface area contributed by atoms with Crippen LogP contribution >= 0.6 is 0 Å². The van der Waals surface area contributed by atoms with Gasteiger partial charge in [-0.05, 0) is 43.7 Å². The smallest absolute Gasteiger partial charge is 0.250 e. The molecule has 150 valence electrons. The van der Waals surface area contributed by atoms with Gasteiger partial charge in [0.25, 0.3) is 5.91 Å². The number of anilines is 2. The van der Waals surface area contributed by atoms with Gasteiger partial charge in [0.05, 0.1) is 30.3 Å². The number of nitrogens with one attached hydrogen (secondary N) is 1. The molecule has 2 aromatic carbocycles. The van der Waals surface area contributed by atoms with E-state index in [2.05, 4.69) is 5.32 Å². The molecule has 0 saturated heterocycles. The fourth-order valence-corrected chi connectivity index (χ4v) is 3.97. The molecule has 0 aliphatic rings. The van der Waals surface area contributed by atoms with Gasteiger partial charge in [-0.3, -0.25) is 13.9 Å². The maximum atomic E-state index is 12.8. The summed E-state index contributed by atoms with van der Waals surface area (Å²) >= 11 is 0. The van der Waals surface area contributed by atoms with Crippen LogP contribution in [-0.2, 0) is 14.8 Å².